The van der Waals surface area contributed by atoms with Gasteiger partial charge < -0.3 is 10.4 Å². The maximum atomic E-state index is 12.7. The lowest BCUT2D eigenvalue weighted by atomic mass is 10.1. The van der Waals surface area contributed by atoms with E-state index in [0.717, 1.165) is 18.4 Å². The van der Waals surface area contributed by atoms with Gasteiger partial charge in [-0.2, -0.15) is 0 Å². The molecule has 0 saturated carbocycles. The number of hydrogen-bond donors (Lipinski definition) is 2. The molecule has 1 atom stereocenters. The number of aromatic nitrogens is 4. The number of hydrogen-bond acceptors (Lipinski definition) is 5. The Labute approximate surface area is 138 Å². The molecule has 1 aliphatic rings. The lowest BCUT2D eigenvalue weighted by Gasteiger charge is -2.22. The summed E-state index contributed by atoms with van der Waals surface area (Å²) in [5.74, 6) is 0.0157. The number of anilines is 1. The first kappa shape index (κ1) is 15.9. The van der Waals surface area contributed by atoms with Gasteiger partial charge >= 0.3 is 6.09 Å². The van der Waals surface area contributed by atoms with Crippen molar-refractivity contribution in [1.29, 1.82) is 0 Å². The molecule has 126 valence electrons. The first-order valence-corrected chi connectivity index (χ1v) is 7.76. The van der Waals surface area contributed by atoms with Crippen molar-refractivity contribution in [3.63, 3.8) is 0 Å². The van der Waals surface area contributed by atoms with Gasteiger partial charge in [0.25, 0.3) is 11.9 Å². The summed E-state index contributed by atoms with van der Waals surface area (Å²) in [6.45, 7) is 0.899. The van der Waals surface area contributed by atoms with Gasteiger partial charge in [-0.05, 0) is 35.3 Å². The molecule has 3 rings (SSSR count). The molecule has 9 nitrogen and oxygen atoms in total. The lowest BCUT2D eigenvalue weighted by Crippen LogP contribution is -2.48. The number of amides is 2. The maximum absolute atomic E-state index is 12.7. The van der Waals surface area contributed by atoms with Crippen LogP contribution < -0.4 is 10.2 Å². The molecule has 0 unspecified atom stereocenters. The molecule has 24 heavy (non-hydrogen) atoms. The van der Waals surface area contributed by atoms with Crippen LogP contribution in [0.1, 0.15) is 24.8 Å². The van der Waals surface area contributed by atoms with Crippen LogP contribution in [-0.4, -0.2) is 49.9 Å². The van der Waals surface area contributed by atoms with Crippen LogP contribution in [0.15, 0.2) is 30.3 Å². The summed E-state index contributed by atoms with van der Waals surface area (Å²) in [4.78, 5) is 25.0. The van der Waals surface area contributed by atoms with Gasteiger partial charge in [0.2, 0.25) is 0 Å². The van der Waals surface area contributed by atoms with Gasteiger partial charge in [-0.3, -0.25) is 9.69 Å². The Bertz CT molecular complexity index is 717. The third-order valence-electron chi connectivity index (χ3n) is 3.92. The van der Waals surface area contributed by atoms with Crippen LogP contribution in [0.25, 0.3) is 0 Å². The fourth-order valence-corrected chi connectivity index (χ4v) is 2.77. The van der Waals surface area contributed by atoms with E-state index < -0.39 is 12.1 Å². The van der Waals surface area contributed by atoms with E-state index in [-0.39, 0.29) is 5.91 Å². The Kier molecular flexibility index (Phi) is 4.69. The first-order valence-electron chi connectivity index (χ1n) is 7.76. The van der Waals surface area contributed by atoms with Crippen molar-refractivity contribution in [2.24, 2.45) is 0 Å². The summed E-state index contributed by atoms with van der Waals surface area (Å²) in [6.07, 6.45) is 0.788. The van der Waals surface area contributed by atoms with E-state index in [0.29, 0.717) is 25.5 Å². The average molecular weight is 330 g/mol. The average Bonchev–Trinajstić information content (AvgIpc) is 2.94. The summed E-state index contributed by atoms with van der Waals surface area (Å²) in [6, 6.07) is 8.89. The number of carbonyl (C=O) groups excluding carboxylic acids is 1. The van der Waals surface area contributed by atoms with Gasteiger partial charge in [-0.25, -0.2) is 9.48 Å². The van der Waals surface area contributed by atoms with E-state index in [2.05, 4.69) is 20.8 Å². The summed E-state index contributed by atoms with van der Waals surface area (Å²) in [5.41, 5.74) is 1.01. The highest BCUT2D eigenvalue weighted by molar-refractivity contribution is 5.97. The molecule has 1 aliphatic heterocycles. The molecule has 2 N–H and O–H groups in total. The van der Waals surface area contributed by atoms with Gasteiger partial charge in [0, 0.05) is 6.54 Å². The van der Waals surface area contributed by atoms with Crippen molar-refractivity contribution in [2.45, 2.75) is 31.8 Å². The van der Waals surface area contributed by atoms with Crippen LogP contribution >= 0.6 is 0 Å². The molecule has 1 fully saturated rings. The van der Waals surface area contributed by atoms with Crippen LogP contribution in [0.5, 0.6) is 0 Å². The van der Waals surface area contributed by atoms with Crippen molar-refractivity contribution >= 4 is 17.9 Å². The Morgan fingerprint density at radius 2 is 2.08 bits per heavy atom. The summed E-state index contributed by atoms with van der Waals surface area (Å²) in [7, 11) is 0. The summed E-state index contributed by atoms with van der Waals surface area (Å²) in [5, 5.41) is 22.8. The minimum atomic E-state index is -1.21. The van der Waals surface area contributed by atoms with Crippen molar-refractivity contribution in [3.8, 4) is 0 Å². The maximum Gasteiger partial charge on any atom is 0.405 e. The normalized spacial score (nSPS) is 18.2. The molecular formula is C15H18N6O3. The molecule has 1 saturated heterocycles. The molecule has 2 amide bonds. The number of benzene rings is 1. The second-order valence-corrected chi connectivity index (χ2v) is 5.61. The predicted octanol–water partition coefficient (Wildman–Crippen LogP) is 0.874. The van der Waals surface area contributed by atoms with E-state index in [1.165, 1.54) is 4.90 Å². The van der Waals surface area contributed by atoms with Gasteiger partial charge in [0.1, 0.15) is 6.04 Å². The van der Waals surface area contributed by atoms with Crippen molar-refractivity contribution < 1.29 is 14.7 Å². The minimum absolute atomic E-state index is 0.320. The Morgan fingerprint density at radius 3 is 2.83 bits per heavy atom. The highest BCUT2D eigenvalue weighted by Gasteiger charge is 2.32. The monoisotopic (exact) mass is 330 g/mol. The van der Waals surface area contributed by atoms with E-state index in [1.807, 2.05) is 30.3 Å². The quantitative estimate of drug-likeness (QED) is 0.860. The summed E-state index contributed by atoms with van der Waals surface area (Å²) >= 11 is 0. The van der Waals surface area contributed by atoms with Crippen molar-refractivity contribution in [1.82, 2.24) is 25.5 Å². The zero-order chi connectivity index (χ0) is 16.9. The SMILES string of the molecule is O=C(O)N[C@H]1CCCCN(c2nnnn2Cc2ccccc2)C1=O. The molecule has 0 radical (unpaired) electrons. The second kappa shape index (κ2) is 7.07. The number of nitrogens with one attached hydrogen (secondary N) is 1. The third-order valence-corrected chi connectivity index (χ3v) is 3.92. The second-order valence-electron chi connectivity index (χ2n) is 5.61. The van der Waals surface area contributed by atoms with Crippen LogP contribution in [0.2, 0.25) is 0 Å². The minimum Gasteiger partial charge on any atom is -0.465 e. The van der Waals surface area contributed by atoms with E-state index in [9.17, 15) is 9.59 Å². The topological polar surface area (TPSA) is 113 Å². The smallest absolute Gasteiger partial charge is 0.405 e. The molecule has 0 bridgehead atoms. The Morgan fingerprint density at radius 1 is 1.29 bits per heavy atom. The largest absolute Gasteiger partial charge is 0.465 e. The summed E-state index contributed by atoms with van der Waals surface area (Å²) < 4.78 is 1.55. The lowest BCUT2D eigenvalue weighted by molar-refractivity contribution is -0.120. The number of carboxylic acid groups (broad SMARTS) is 1. The molecule has 1 aromatic heterocycles. The zero-order valence-electron chi connectivity index (χ0n) is 13.0. The number of rotatable bonds is 4. The van der Waals surface area contributed by atoms with Crippen molar-refractivity contribution in [3.05, 3.63) is 35.9 Å². The standard InChI is InChI=1S/C15H18N6O3/c22-13-12(16-15(23)24)8-4-5-9-20(13)14-17-18-19-21(14)10-11-6-2-1-3-7-11/h1-3,6-7,12,16H,4-5,8-10H2,(H,23,24)/t12-/m0/s1. The number of tetrazole rings is 1. The number of nitrogens with zero attached hydrogens (tertiary/aromatic N) is 5. The van der Waals surface area contributed by atoms with Gasteiger partial charge in [-0.1, -0.05) is 35.4 Å². The molecule has 2 heterocycles. The number of carbonyl (C=O) groups is 2. The predicted molar refractivity (Wildman–Crippen MR) is 84.5 cm³/mol. The van der Waals surface area contributed by atoms with E-state index >= 15 is 0 Å². The van der Waals surface area contributed by atoms with Crippen LogP contribution in [-0.2, 0) is 11.3 Å². The zero-order valence-corrected chi connectivity index (χ0v) is 13.0. The Hall–Kier alpha value is -2.97. The first-order chi connectivity index (χ1) is 11.6. The molecule has 9 heteroatoms. The van der Waals surface area contributed by atoms with Gasteiger partial charge in [0.05, 0.1) is 6.54 Å². The van der Waals surface area contributed by atoms with Gasteiger partial charge in [-0.15, -0.1) is 0 Å². The van der Waals surface area contributed by atoms with E-state index in [4.69, 9.17) is 5.11 Å². The Balaban J connectivity index is 1.83. The molecular weight excluding hydrogens is 312 g/mol. The molecule has 2 aromatic rings. The fourth-order valence-electron chi connectivity index (χ4n) is 2.77. The highest BCUT2D eigenvalue weighted by Crippen LogP contribution is 2.19. The third kappa shape index (κ3) is 3.50. The molecule has 1 aromatic carbocycles. The van der Waals surface area contributed by atoms with E-state index in [1.54, 1.807) is 4.68 Å². The van der Waals surface area contributed by atoms with Crippen LogP contribution in [0.4, 0.5) is 10.7 Å². The van der Waals surface area contributed by atoms with Crippen LogP contribution in [0.3, 0.4) is 0 Å². The fraction of sp³-hybridized carbons (Fsp3) is 0.400. The van der Waals surface area contributed by atoms with Gasteiger partial charge in [0.15, 0.2) is 0 Å². The highest BCUT2D eigenvalue weighted by atomic mass is 16.4. The molecule has 0 spiro atoms. The van der Waals surface area contributed by atoms with Crippen LogP contribution in [0, 0.1) is 0 Å². The molecule has 0 aliphatic carbocycles. The van der Waals surface area contributed by atoms with Crippen molar-refractivity contribution in [2.75, 3.05) is 11.4 Å².